The molecule has 70 valence electrons. The van der Waals surface area contributed by atoms with Gasteiger partial charge in [-0.1, -0.05) is 29.8 Å². The molecule has 1 unspecified atom stereocenters. The molecule has 1 aromatic rings. The lowest BCUT2D eigenvalue weighted by Gasteiger charge is -1.98. The highest BCUT2D eigenvalue weighted by atomic mass is 35.5. The Morgan fingerprint density at radius 2 is 2.23 bits per heavy atom. The van der Waals surface area contributed by atoms with Gasteiger partial charge in [0.25, 0.3) is 0 Å². The van der Waals surface area contributed by atoms with Gasteiger partial charge in [-0.2, -0.15) is 0 Å². The second-order valence-corrected chi connectivity index (χ2v) is 3.30. The molecule has 0 aliphatic carbocycles. The van der Waals surface area contributed by atoms with Gasteiger partial charge in [0.15, 0.2) is 0 Å². The van der Waals surface area contributed by atoms with E-state index in [1.165, 1.54) is 6.07 Å². The first kappa shape index (κ1) is 10.2. The first-order chi connectivity index (χ1) is 6.09. The van der Waals surface area contributed by atoms with Crippen molar-refractivity contribution < 1.29 is 4.39 Å². The topological polar surface area (TPSA) is 26.0 Å². The highest BCUT2D eigenvalue weighted by molar-refractivity contribution is 6.30. The summed E-state index contributed by atoms with van der Waals surface area (Å²) in [6.45, 7) is 1.86. The maximum Gasteiger partial charge on any atom is 0.141 e. The number of benzene rings is 1. The van der Waals surface area contributed by atoms with Crippen molar-refractivity contribution in [2.45, 2.75) is 13.0 Å². The first-order valence-electron chi connectivity index (χ1n) is 3.98. The van der Waals surface area contributed by atoms with Gasteiger partial charge in [0.2, 0.25) is 0 Å². The van der Waals surface area contributed by atoms with Crippen molar-refractivity contribution in [1.82, 2.24) is 0 Å². The molecule has 2 N–H and O–H groups in total. The van der Waals surface area contributed by atoms with Gasteiger partial charge >= 0.3 is 0 Å². The molecule has 3 heteroatoms. The summed E-state index contributed by atoms with van der Waals surface area (Å²) >= 11 is 5.59. The Morgan fingerprint density at radius 3 is 2.77 bits per heavy atom. The predicted molar refractivity (Wildman–Crippen MR) is 54.1 cm³/mol. The van der Waals surface area contributed by atoms with Crippen molar-refractivity contribution in [1.29, 1.82) is 0 Å². The average Bonchev–Trinajstić information content (AvgIpc) is 2.07. The van der Waals surface area contributed by atoms with Crippen LogP contribution in [0, 0.1) is 5.82 Å². The van der Waals surface area contributed by atoms with Crippen molar-refractivity contribution >= 4 is 17.7 Å². The molecule has 13 heavy (non-hydrogen) atoms. The zero-order valence-corrected chi connectivity index (χ0v) is 8.05. The molecule has 1 nitrogen and oxygen atoms in total. The highest BCUT2D eigenvalue weighted by Crippen LogP contribution is 2.16. The summed E-state index contributed by atoms with van der Waals surface area (Å²) in [5.74, 6) is -0.403. The fourth-order valence-electron chi connectivity index (χ4n) is 0.879. The molecule has 0 amide bonds. The van der Waals surface area contributed by atoms with E-state index in [0.717, 1.165) is 5.56 Å². The smallest absolute Gasteiger partial charge is 0.141 e. The van der Waals surface area contributed by atoms with Gasteiger partial charge in [-0.25, -0.2) is 4.39 Å². The zero-order valence-electron chi connectivity index (χ0n) is 7.30. The lowest BCUT2D eigenvalue weighted by Crippen LogP contribution is -2.09. The maximum atomic E-state index is 12.7. The lowest BCUT2D eigenvalue weighted by molar-refractivity contribution is 0.628. The summed E-state index contributed by atoms with van der Waals surface area (Å²) < 4.78 is 12.7. The van der Waals surface area contributed by atoms with Crippen molar-refractivity contribution in [3.05, 3.63) is 40.7 Å². The summed E-state index contributed by atoms with van der Waals surface area (Å²) in [5.41, 5.74) is 6.36. The average molecular weight is 200 g/mol. The van der Waals surface area contributed by atoms with E-state index in [2.05, 4.69) is 0 Å². The van der Waals surface area contributed by atoms with E-state index in [1.807, 2.05) is 19.1 Å². The number of hydrogen-bond donors (Lipinski definition) is 1. The van der Waals surface area contributed by atoms with Crippen molar-refractivity contribution in [3.63, 3.8) is 0 Å². The SMILES string of the molecule is CC(N)/C=C/c1ccc(F)c(Cl)c1. The van der Waals surface area contributed by atoms with E-state index >= 15 is 0 Å². The van der Waals surface area contributed by atoms with Crippen LogP contribution in [0.5, 0.6) is 0 Å². The van der Waals surface area contributed by atoms with Crippen LogP contribution in [-0.2, 0) is 0 Å². The largest absolute Gasteiger partial charge is 0.325 e. The molecule has 0 spiro atoms. The summed E-state index contributed by atoms with van der Waals surface area (Å²) in [7, 11) is 0. The predicted octanol–water partition coefficient (Wildman–Crippen LogP) is 2.84. The third kappa shape index (κ3) is 3.17. The monoisotopic (exact) mass is 199 g/mol. The van der Waals surface area contributed by atoms with E-state index in [0.29, 0.717) is 0 Å². The van der Waals surface area contributed by atoms with E-state index in [9.17, 15) is 4.39 Å². The lowest BCUT2D eigenvalue weighted by atomic mass is 10.2. The number of halogens is 2. The Balaban J connectivity index is 2.85. The van der Waals surface area contributed by atoms with E-state index in [1.54, 1.807) is 12.1 Å². The number of hydrogen-bond acceptors (Lipinski definition) is 1. The van der Waals surface area contributed by atoms with Crippen LogP contribution in [0.3, 0.4) is 0 Å². The number of nitrogens with two attached hydrogens (primary N) is 1. The molecule has 0 aliphatic heterocycles. The van der Waals surface area contributed by atoms with Crippen LogP contribution >= 0.6 is 11.6 Å². The molecule has 0 aliphatic rings. The van der Waals surface area contributed by atoms with Gasteiger partial charge in [-0.15, -0.1) is 0 Å². The number of rotatable bonds is 2. The minimum Gasteiger partial charge on any atom is -0.325 e. The summed E-state index contributed by atoms with van der Waals surface area (Å²) in [6.07, 6.45) is 3.64. The van der Waals surface area contributed by atoms with Crippen LogP contribution in [0.1, 0.15) is 12.5 Å². The summed E-state index contributed by atoms with van der Waals surface area (Å²) in [6, 6.07) is 4.54. The van der Waals surface area contributed by atoms with Gasteiger partial charge in [0, 0.05) is 6.04 Å². The normalized spacial score (nSPS) is 13.5. The molecule has 1 aromatic carbocycles. The molecule has 0 fully saturated rings. The molecule has 0 heterocycles. The molecule has 0 bridgehead atoms. The van der Waals surface area contributed by atoms with E-state index in [4.69, 9.17) is 17.3 Å². The maximum absolute atomic E-state index is 12.7. The Labute approximate surface area is 82.0 Å². The Hall–Kier alpha value is -0.860. The molecule has 0 aromatic heterocycles. The summed E-state index contributed by atoms with van der Waals surface area (Å²) in [5, 5.41) is 0.131. The molecular weight excluding hydrogens is 189 g/mol. The fraction of sp³-hybridized carbons (Fsp3) is 0.200. The van der Waals surface area contributed by atoms with Crippen molar-refractivity contribution in [2.24, 2.45) is 5.73 Å². The van der Waals surface area contributed by atoms with Gasteiger partial charge in [0.05, 0.1) is 5.02 Å². The fourth-order valence-corrected chi connectivity index (χ4v) is 1.07. The van der Waals surface area contributed by atoms with Crippen molar-refractivity contribution in [3.8, 4) is 0 Å². The van der Waals surface area contributed by atoms with Gasteiger partial charge < -0.3 is 5.73 Å². The molecular formula is C10H11ClFN. The molecule has 0 radical (unpaired) electrons. The Morgan fingerprint density at radius 1 is 1.54 bits per heavy atom. The minimum atomic E-state index is -0.403. The Kier molecular flexibility index (Phi) is 3.46. The molecule has 0 saturated carbocycles. The molecule has 1 atom stereocenters. The van der Waals surface area contributed by atoms with Crippen molar-refractivity contribution in [2.75, 3.05) is 0 Å². The third-order valence-corrected chi connectivity index (χ3v) is 1.83. The second kappa shape index (κ2) is 4.40. The van der Waals surface area contributed by atoms with Crippen LogP contribution in [-0.4, -0.2) is 6.04 Å². The Bertz CT molecular complexity index is 321. The van der Waals surface area contributed by atoms with Crippen LogP contribution in [0.4, 0.5) is 4.39 Å². The van der Waals surface area contributed by atoms with Gasteiger partial charge in [0.1, 0.15) is 5.82 Å². The van der Waals surface area contributed by atoms with E-state index in [-0.39, 0.29) is 11.1 Å². The zero-order chi connectivity index (χ0) is 9.84. The highest BCUT2D eigenvalue weighted by Gasteiger charge is 1.97. The molecule has 1 rings (SSSR count). The van der Waals surface area contributed by atoms with Gasteiger partial charge in [-0.05, 0) is 24.6 Å². The molecule has 0 saturated heterocycles. The van der Waals surface area contributed by atoms with Crippen LogP contribution in [0.25, 0.3) is 6.08 Å². The van der Waals surface area contributed by atoms with Crippen LogP contribution < -0.4 is 5.73 Å². The quantitative estimate of drug-likeness (QED) is 0.779. The van der Waals surface area contributed by atoms with Gasteiger partial charge in [-0.3, -0.25) is 0 Å². The first-order valence-corrected chi connectivity index (χ1v) is 4.36. The summed E-state index contributed by atoms with van der Waals surface area (Å²) in [4.78, 5) is 0. The minimum absolute atomic E-state index is 0.0103. The van der Waals surface area contributed by atoms with Crippen LogP contribution in [0.15, 0.2) is 24.3 Å². The third-order valence-electron chi connectivity index (χ3n) is 1.54. The van der Waals surface area contributed by atoms with Crippen LogP contribution in [0.2, 0.25) is 5.02 Å². The second-order valence-electron chi connectivity index (χ2n) is 2.89. The van der Waals surface area contributed by atoms with E-state index < -0.39 is 5.82 Å². The standard InChI is InChI=1S/C10H11ClFN/c1-7(13)2-3-8-4-5-10(12)9(11)6-8/h2-7H,13H2,1H3/b3-2+.